The lowest BCUT2D eigenvalue weighted by Crippen LogP contribution is -2.42. The minimum atomic E-state index is -3.84. The summed E-state index contributed by atoms with van der Waals surface area (Å²) in [7, 11) is -2.27. The Hall–Kier alpha value is -2.96. The molecule has 5 nitrogen and oxygen atoms in total. The first-order chi connectivity index (χ1) is 14.0. The van der Waals surface area contributed by atoms with Gasteiger partial charge in [0.05, 0.1) is 12.0 Å². The molecule has 0 bridgehead atoms. The quantitative estimate of drug-likeness (QED) is 0.617. The molecule has 0 amide bonds. The summed E-state index contributed by atoms with van der Waals surface area (Å²) in [5, 5.41) is -1.11. The van der Waals surface area contributed by atoms with Crippen LogP contribution in [0.25, 0.3) is 0 Å². The summed E-state index contributed by atoms with van der Waals surface area (Å²) in [5.41, 5.74) is 0.0140. The van der Waals surface area contributed by atoms with Crippen molar-refractivity contribution in [2.45, 2.75) is 21.9 Å². The highest BCUT2D eigenvalue weighted by molar-refractivity contribution is 7.92. The van der Waals surface area contributed by atoms with Crippen LogP contribution in [0.2, 0.25) is 0 Å². The Morgan fingerprint density at radius 1 is 0.862 bits per heavy atom. The minimum Gasteiger partial charge on any atom is -0.497 e. The topological polar surface area (TPSA) is 73.0 Å². The number of carbonyl (C=O) groups excluding carboxylic acids is 1. The van der Waals surface area contributed by atoms with E-state index in [4.69, 9.17) is 9.47 Å². The van der Waals surface area contributed by atoms with Crippen molar-refractivity contribution in [3.63, 3.8) is 0 Å². The molecule has 0 N–H and O–H groups in total. The lowest BCUT2D eigenvalue weighted by Gasteiger charge is -2.30. The van der Waals surface area contributed by atoms with Gasteiger partial charge in [-0.1, -0.05) is 54.6 Å². The van der Waals surface area contributed by atoms with Crippen LogP contribution in [0.3, 0.4) is 0 Å². The van der Waals surface area contributed by atoms with E-state index in [1.165, 1.54) is 6.07 Å². The van der Waals surface area contributed by atoms with Crippen LogP contribution >= 0.6 is 0 Å². The fraction of sp³-hybridized carbons (Fsp3) is 0.174. The van der Waals surface area contributed by atoms with Gasteiger partial charge in [-0.25, -0.2) is 8.42 Å². The van der Waals surface area contributed by atoms with E-state index >= 15 is 0 Å². The maximum Gasteiger partial charge on any atom is 0.200 e. The number of Topliss-reactive ketones (excluding diaryl/α,β-unsaturated/α-hetero) is 1. The number of epoxide rings is 1. The molecule has 3 aromatic rings. The SMILES string of the molecule is COc1ccc([C@@H]2O[C@@]23C(=O)c2ccccc2S(=O)(=O)[C@H]3c2ccccc2)cc1. The Kier molecular flexibility index (Phi) is 3.91. The largest absolute Gasteiger partial charge is 0.497 e. The van der Waals surface area contributed by atoms with E-state index < -0.39 is 26.8 Å². The minimum absolute atomic E-state index is 0.0634. The van der Waals surface area contributed by atoms with Crippen LogP contribution in [0.15, 0.2) is 83.8 Å². The van der Waals surface area contributed by atoms with Crippen molar-refractivity contribution in [2.75, 3.05) is 7.11 Å². The number of fused-ring (bicyclic) bond motifs is 1. The normalized spacial score (nSPS) is 26.7. The third kappa shape index (κ3) is 2.49. The molecule has 1 saturated heterocycles. The Morgan fingerprint density at radius 2 is 1.52 bits per heavy atom. The van der Waals surface area contributed by atoms with E-state index in [9.17, 15) is 13.2 Å². The zero-order valence-electron chi connectivity index (χ0n) is 15.6. The number of hydrogen-bond acceptors (Lipinski definition) is 5. The number of sulfone groups is 1. The summed E-state index contributed by atoms with van der Waals surface area (Å²) < 4.78 is 38.5. The summed E-state index contributed by atoms with van der Waals surface area (Å²) in [5.74, 6) is 0.383. The van der Waals surface area contributed by atoms with Gasteiger partial charge in [-0.15, -0.1) is 0 Å². The van der Waals surface area contributed by atoms with Gasteiger partial charge in [0.2, 0.25) is 5.78 Å². The van der Waals surface area contributed by atoms with Gasteiger partial charge in [-0.05, 0) is 35.4 Å². The molecular weight excluding hydrogens is 388 g/mol. The molecule has 1 spiro atoms. The molecule has 0 aromatic heterocycles. The first-order valence-electron chi connectivity index (χ1n) is 9.24. The first kappa shape index (κ1) is 18.1. The predicted molar refractivity (Wildman–Crippen MR) is 107 cm³/mol. The monoisotopic (exact) mass is 406 g/mol. The second kappa shape index (κ2) is 6.27. The third-order valence-electron chi connectivity index (χ3n) is 5.66. The summed E-state index contributed by atoms with van der Waals surface area (Å²) in [4.78, 5) is 13.6. The number of benzene rings is 3. The highest BCUT2D eigenvalue weighted by Gasteiger charge is 2.73. The number of ketones is 1. The van der Waals surface area contributed by atoms with Gasteiger partial charge in [0.1, 0.15) is 17.1 Å². The Morgan fingerprint density at radius 3 is 2.21 bits per heavy atom. The van der Waals surface area contributed by atoms with Crippen molar-refractivity contribution >= 4 is 15.6 Å². The molecule has 5 rings (SSSR count). The van der Waals surface area contributed by atoms with Crippen LogP contribution in [0.1, 0.15) is 32.8 Å². The Balaban J connectivity index is 1.71. The van der Waals surface area contributed by atoms with E-state index in [2.05, 4.69) is 0 Å². The number of rotatable bonds is 3. The molecule has 3 aromatic carbocycles. The highest BCUT2D eigenvalue weighted by Crippen LogP contribution is 2.64. The fourth-order valence-corrected chi connectivity index (χ4v) is 6.52. The second-order valence-electron chi connectivity index (χ2n) is 7.23. The van der Waals surface area contributed by atoms with Gasteiger partial charge in [0, 0.05) is 5.56 Å². The standard InChI is InChI=1S/C23H18O5S/c1-27-17-13-11-15(12-14-17)21-23(28-21)20(24)18-9-5-6-10-19(18)29(25,26)22(23)16-7-3-2-4-8-16/h2-14,21-22H,1H3/t21-,22-,23-/m0/s1. The molecule has 0 unspecified atom stereocenters. The molecule has 0 aliphatic carbocycles. The van der Waals surface area contributed by atoms with Gasteiger partial charge >= 0.3 is 0 Å². The van der Waals surface area contributed by atoms with Crippen molar-refractivity contribution < 1.29 is 22.7 Å². The van der Waals surface area contributed by atoms with E-state index in [1.807, 2.05) is 6.07 Å². The van der Waals surface area contributed by atoms with Crippen molar-refractivity contribution in [1.82, 2.24) is 0 Å². The zero-order chi connectivity index (χ0) is 20.2. The lowest BCUT2D eigenvalue weighted by molar-refractivity contribution is 0.0856. The molecule has 0 radical (unpaired) electrons. The van der Waals surface area contributed by atoms with Gasteiger partial charge in [-0.3, -0.25) is 4.79 Å². The van der Waals surface area contributed by atoms with Crippen molar-refractivity contribution in [1.29, 1.82) is 0 Å². The molecule has 146 valence electrons. The molecule has 2 heterocycles. The molecule has 6 heteroatoms. The average Bonchev–Trinajstić information content (AvgIpc) is 3.49. The van der Waals surface area contributed by atoms with Crippen molar-refractivity contribution in [3.05, 3.63) is 95.6 Å². The van der Waals surface area contributed by atoms with Crippen LogP contribution in [-0.2, 0) is 14.6 Å². The summed E-state index contributed by atoms with van der Waals surface area (Å²) in [6, 6.07) is 22.4. The summed E-state index contributed by atoms with van der Waals surface area (Å²) >= 11 is 0. The van der Waals surface area contributed by atoms with E-state index in [0.29, 0.717) is 11.3 Å². The lowest BCUT2D eigenvalue weighted by atomic mass is 9.85. The smallest absolute Gasteiger partial charge is 0.200 e. The van der Waals surface area contributed by atoms with E-state index in [-0.39, 0.29) is 16.2 Å². The predicted octanol–water partition coefficient (Wildman–Crippen LogP) is 3.92. The average molecular weight is 406 g/mol. The van der Waals surface area contributed by atoms with Gasteiger partial charge < -0.3 is 9.47 Å². The third-order valence-corrected chi connectivity index (χ3v) is 7.87. The van der Waals surface area contributed by atoms with E-state index in [0.717, 1.165) is 5.56 Å². The zero-order valence-corrected chi connectivity index (χ0v) is 16.4. The van der Waals surface area contributed by atoms with Crippen LogP contribution in [-0.4, -0.2) is 26.9 Å². The fourth-order valence-electron chi connectivity index (χ4n) is 4.27. The Bertz CT molecular complexity index is 1200. The number of hydrogen-bond donors (Lipinski definition) is 0. The highest BCUT2D eigenvalue weighted by atomic mass is 32.2. The molecule has 2 aliphatic heterocycles. The molecule has 3 atom stereocenters. The van der Waals surface area contributed by atoms with Gasteiger partial charge in [0.15, 0.2) is 15.4 Å². The molecule has 2 aliphatic rings. The van der Waals surface area contributed by atoms with Crippen molar-refractivity contribution in [2.24, 2.45) is 0 Å². The molecule has 1 fully saturated rings. The number of methoxy groups -OCH3 is 1. The van der Waals surface area contributed by atoms with Gasteiger partial charge in [0.25, 0.3) is 0 Å². The van der Waals surface area contributed by atoms with Crippen molar-refractivity contribution in [3.8, 4) is 5.75 Å². The maximum absolute atomic E-state index is 13.6. The van der Waals surface area contributed by atoms with E-state index in [1.54, 1.807) is 73.8 Å². The molecular formula is C23H18O5S. The second-order valence-corrected chi connectivity index (χ2v) is 9.23. The van der Waals surface area contributed by atoms with Crippen LogP contribution in [0, 0.1) is 0 Å². The maximum atomic E-state index is 13.6. The van der Waals surface area contributed by atoms with Crippen LogP contribution in [0.5, 0.6) is 5.75 Å². The Labute approximate surface area is 168 Å². The molecule has 29 heavy (non-hydrogen) atoms. The molecule has 0 saturated carbocycles. The number of ether oxygens (including phenoxy) is 2. The summed E-state index contributed by atoms with van der Waals surface area (Å²) in [6.07, 6.45) is -0.644. The first-order valence-corrected chi connectivity index (χ1v) is 10.8. The van der Waals surface area contributed by atoms with Gasteiger partial charge in [-0.2, -0.15) is 0 Å². The van der Waals surface area contributed by atoms with Crippen LogP contribution < -0.4 is 4.74 Å². The summed E-state index contributed by atoms with van der Waals surface area (Å²) in [6.45, 7) is 0. The van der Waals surface area contributed by atoms with Crippen LogP contribution in [0.4, 0.5) is 0 Å². The number of carbonyl (C=O) groups is 1.